The second-order valence-electron chi connectivity index (χ2n) is 9.17. The molecule has 0 bridgehead atoms. The number of thiocarbonyl (C=S) groups is 1. The minimum absolute atomic E-state index is 0.101. The van der Waals surface area contributed by atoms with Gasteiger partial charge in [-0.3, -0.25) is 9.89 Å². The van der Waals surface area contributed by atoms with Crippen LogP contribution in [0.4, 0.5) is 5.69 Å². The van der Waals surface area contributed by atoms with Crippen LogP contribution < -0.4 is 5.32 Å². The van der Waals surface area contributed by atoms with Crippen LogP contribution in [0.25, 0.3) is 0 Å². The fourth-order valence-corrected chi connectivity index (χ4v) is 5.66. The molecule has 2 fully saturated rings. The Balaban J connectivity index is 1.59. The second kappa shape index (κ2) is 10.0. The van der Waals surface area contributed by atoms with Crippen molar-refractivity contribution in [3.05, 3.63) is 29.3 Å². The van der Waals surface area contributed by atoms with Crippen LogP contribution in [0.3, 0.4) is 0 Å². The molecule has 29 heavy (non-hydrogen) atoms. The molecule has 3 nitrogen and oxygen atoms in total. The summed E-state index contributed by atoms with van der Waals surface area (Å²) in [5.41, 5.74) is 0.914. The number of hydrogen-bond acceptors (Lipinski definition) is 3. The number of halogens is 1. The minimum atomic E-state index is 0.101. The number of nitrogens with one attached hydrogen (secondary N) is 1. The maximum absolute atomic E-state index is 6.11. The van der Waals surface area contributed by atoms with E-state index in [1.165, 1.54) is 32.1 Å². The lowest BCUT2D eigenvalue weighted by molar-refractivity contribution is 0.339. The summed E-state index contributed by atoms with van der Waals surface area (Å²) >= 11 is 13.7. The summed E-state index contributed by atoms with van der Waals surface area (Å²) in [6.45, 7) is 11.0. The summed E-state index contributed by atoms with van der Waals surface area (Å²) in [6.07, 6.45) is 6.65. The van der Waals surface area contributed by atoms with Crippen molar-refractivity contribution in [2.75, 3.05) is 18.4 Å². The molecular formula is C23H34ClN3S2. The molecule has 1 aromatic rings. The van der Waals surface area contributed by atoms with Crippen LogP contribution in [0.1, 0.15) is 59.8 Å². The molecule has 1 aliphatic carbocycles. The number of anilines is 1. The van der Waals surface area contributed by atoms with Crippen molar-refractivity contribution in [2.24, 2.45) is 22.7 Å². The van der Waals surface area contributed by atoms with Crippen LogP contribution in [0.2, 0.25) is 5.02 Å². The van der Waals surface area contributed by atoms with E-state index >= 15 is 0 Å². The quantitative estimate of drug-likeness (QED) is 0.427. The molecule has 0 aromatic heterocycles. The van der Waals surface area contributed by atoms with Gasteiger partial charge in [-0.1, -0.05) is 49.7 Å². The van der Waals surface area contributed by atoms with Gasteiger partial charge < -0.3 is 5.32 Å². The first-order chi connectivity index (χ1) is 13.8. The molecule has 1 saturated heterocycles. The Bertz CT molecular complexity index is 745. The summed E-state index contributed by atoms with van der Waals surface area (Å²) in [5.74, 6) is 2.64. The third-order valence-corrected chi connectivity index (χ3v) is 7.72. The average Bonchev–Trinajstić information content (AvgIpc) is 3.45. The molecule has 0 radical (unpaired) electrons. The predicted molar refractivity (Wildman–Crippen MR) is 133 cm³/mol. The summed E-state index contributed by atoms with van der Waals surface area (Å²) < 4.78 is 0.101. The van der Waals surface area contributed by atoms with Crippen molar-refractivity contribution >= 4 is 51.5 Å². The van der Waals surface area contributed by atoms with Crippen molar-refractivity contribution in [3.8, 4) is 0 Å². The molecule has 160 valence electrons. The molecule has 1 heterocycles. The third-order valence-electron chi connectivity index (χ3n) is 5.95. The van der Waals surface area contributed by atoms with E-state index in [9.17, 15) is 0 Å². The lowest BCUT2D eigenvalue weighted by Crippen LogP contribution is -2.37. The Morgan fingerprint density at radius 2 is 2.17 bits per heavy atom. The highest BCUT2D eigenvalue weighted by molar-refractivity contribution is 8.15. The molecule has 3 rings (SSSR count). The van der Waals surface area contributed by atoms with Gasteiger partial charge in [0.05, 0.1) is 0 Å². The third kappa shape index (κ3) is 6.86. The first kappa shape index (κ1) is 22.9. The van der Waals surface area contributed by atoms with Gasteiger partial charge in [0.2, 0.25) is 0 Å². The van der Waals surface area contributed by atoms with Crippen LogP contribution in [0.15, 0.2) is 29.3 Å². The van der Waals surface area contributed by atoms with E-state index in [2.05, 4.69) is 37.9 Å². The highest BCUT2D eigenvalue weighted by Gasteiger charge is 2.37. The van der Waals surface area contributed by atoms with Crippen molar-refractivity contribution in [1.29, 1.82) is 0 Å². The number of thioether (sulfide) groups is 1. The first-order valence-electron chi connectivity index (χ1n) is 10.8. The zero-order valence-electron chi connectivity index (χ0n) is 18.1. The zero-order chi connectivity index (χ0) is 21.0. The van der Waals surface area contributed by atoms with Gasteiger partial charge in [-0.2, -0.15) is 0 Å². The zero-order valence-corrected chi connectivity index (χ0v) is 20.5. The molecular weight excluding hydrogens is 418 g/mol. The van der Waals surface area contributed by atoms with E-state index in [0.29, 0.717) is 10.1 Å². The van der Waals surface area contributed by atoms with E-state index in [-0.39, 0.29) is 4.75 Å². The van der Waals surface area contributed by atoms with Crippen LogP contribution in [0.5, 0.6) is 0 Å². The maximum atomic E-state index is 6.11. The Hall–Kier alpha value is -0.780. The van der Waals surface area contributed by atoms with Crippen LogP contribution >= 0.6 is 35.6 Å². The molecule has 0 spiro atoms. The predicted octanol–water partition coefficient (Wildman–Crippen LogP) is 7.07. The van der Waals surface area contributed by atoms with E-state index in [1.807, 2.05) is 36.0 Å². The fourth-order valence-electron chi connectivity index (χ4n) is 4.03. The van der Waals surface area contributed by atoms with Gasteiger partial charge in [-0.25, -0.2) is 0 Å². The van der Waals surface area contributed by atoms with Gasteiger partial charge in [-0.15, -0.1) is 0 Å². The number of rotatable bonds is 8. The Morgan fingerprint density at radius 1 is 1.41 bits per heavy atom. The molecule has 2 atom stereocenters. The van der Waals surface area contributed by atoms with Gasteiger partial charge in [0, 0.05) is 28.5 Å². The normalized spacial score (nSPS) is 22.0. The molecule has 2 aliphatic rings. The number of nitrogens with zero attached hydrogens (tertiary/aromatic N) is 2. The number of benzene rings is 1. The molecule has 1 aromatic carbocycles. The van der Waals surface area contributed by atoms with Crippen molar-refractivity contribution in [1.82, 2.24) is 4.90 Å². The molecule has 0 amide bonds. The lowest BCUT2D eigenvalue weighted by atomic mass is 9.88. The van der Waals surface area contributed by atoms with Crippen molar-refractivity contribution in [2.45, 2.75) is 64.5 Å². The topological polar surface area (TPSA) is 27.6 Å². The van der Waals surface area contributed by atoms with Gasteiger partial charge in [-0.05, 0) is 87.7 Å². The Kier molecular flexibility index (Phi) is 7.91. The van der Waals surface area contributed by atoms with Gasteiger partial charge in [0.1, 0.15) is 0 Å². The van der Waals surface area contributed by atoms with Crippen molar-refractivity contribution < 1.29 is 0 Å². The standard InChI is InChI=1S/C23H34ClN3S2/c1-5-17(13-16(2)18-9-10-18)11-12-25-22-27(15-23(3,4)29-22)21(28)26-20-8-6-7-19(24)14-20/h6-8,14,16-18H,5,9-13,15H2,1-4H3,(H,26,28). The summed E-state index contributed by atoms with van der Waals surface area (Å²) in [4.78, 5) is 7.14. The maximum Gasteiger partial charge on any atom is 0.179 e. The summed E-state index contributed by atoms with van der Waals surface area (Å²) in [7, 11) is 0. The SMILES string of the molecule is CCC(CCN=C1SC(C)(C)CN1C(=S)Nc1cccc(Cl)c1)CC(C)C1CC1. The van der Waals surface area contributed by atoms with Crippen molar-refractivity contribution in [3.63, 3.8) is 0 Å². The molecule has 1 saturated carbocycles. The Morgan fingerprint density at radius 3 is 2.83 bits per heavy atom. The number of amidine groups is 1. The number of aliphatic imine (C=N–C) groups is 1. The summed E-state index contributed by atoms with van der Waals surface area (Å²) in [6, 6.07) is 7.67. The Labute approximate surface area is 191 Å². The molecule has 6 heteroatoms. The van der Waals surface area contributed by atoms with Crippen LogP contribution in [0, 0.1) is 17.8 Å². The smallest absolute Gasteiger partial charge is 0.179 e. The highest BCUT2D eigenvalue weighted by atomic mass is 35.5. The second-order valence-corrected chi connectivity index (χ2v) is 11.7. The molecule has 2 unspecified atom stereocenters. The first-order valence-corrected chi connectivity index (χ1v) is 12.4. The largest absolute Gasteiger partial charge is 0.332 e. The van der Waals surface area contributed by atoms with Crippen LogP contribution in [-0.4, -0.2) is 33.0 Å². The number of hydrogen-bond donors (Lipinski definition) is 1. The van der Waals surface area contributed by atoms with E-state index in [1.54, 1.807) is 0 Å². The monoisotopic (exact) mass is 451 g/mol. The fraction of sp³-hybridized carbons (Fsp3) is 0.652. The average molecular weight is 452 g/mol. The van der Waals surface area contributed by atoms with E-state index in [0.717, 1.165) is 41.7 Å². The highest BCUT2D eigenvalue weighted by Crippen LogP contribution is 2.40. The van der Waals surface area contributed by atoms with Gasteiger partial charge in [0.15, 0.2) is 10.3 Å². The van der Waals surface area contributed by atoms with Crippen LogP contribution in [-0.2, 0) is 0 Å². The van der Waals surface area contributed by atoms with E-state index in [4.69, 9.17) is 28.8 Å². The van der Waals surface area contributed by atoms with Gasteiger partial charge >= 0.3 is 0 Å². The van der Waals surface area contributed by atoms with E-state index < -0.39 is 0 Å². The molecule has 1 N–H and O–H groups in total. The van der Waals surface area contributed by atoms with Gasteiger partial charge in [0.25, 0.3) is 0 Å². The summed E-state index contributed by atoms with van der Waals surface area (Å²) in [5, 5.41) is 5.76. The minimum Gasteiger partial charge on any atom is -0.332 e. The molecule has 1 aliphatic heterocycles. The lowest BCUT2D eigenvalue weighted by Gasteiger charge is -2.22.